The van der Waals surface area contributed by atoms with Crippen molar-refractivity contribution in [3.63, 3.8) is 0 Å². The van der Waals surface area contributed by atoms with Crippen LogP contribution >= 0.6 is 0 Å². The van der Waals surface area contributed by atoms with E-state index in [9.17, 15) is 0 Å². The predicted molar refractivity (Wildman–Crippen MR) is 66.5 cm³/mol. The lowest BCUT2D eigenvalue weighted by atomic mass is 9.83. The molecule has 0 aliphatic heterocycles. The molecule has 0 heteroatoms. The Morgan fingerprint density at radius 3 is 2.60 bits per heavy atom. The average molecular weight is 196 g/mol. The van der Waals surface area contributed by atoms with Crippen LogP contribution in [0.4, 0.5) is 0 Å². The molecule has 0 amide bonds. The van der Waals surface area contributed by atoms with Gasteiger partial charge in [-0.3, -0.25) is 0 Å². The second-order valence-electron chi connectivity index (χ2n) is 4.24. The molecule has 0 saturated heterocycles. The molecule has 0 spiro atoms. The lowest BCUT2D eigenvalue weighted by Gasteiger charge is -2.21. The van der Waals surface area contributed by atoms with Gasteiger partial charge in [-0.1, -0.05) is 73.7 Å². The van der Waals surface area contributed by atoms with Gasteiger partial charge in [-0.05, 0) is 12.0 Å². The molecule has 76 valence electrons. The number of rotatable bonds is 2. The quantitative estimate of drug-likeness (QED) is 0.664. The molecule has 0 saturated carbocycles. The molecule has 0 heterocycles. The zero-order valence-electron chi connectivity index (χ0n) is 9.06. The molecule has 1 atom stereocenters. The van der Waals surface area contributed by atoms with Crippen LogP contribution in [0.25, 0.3) is 6.08 Å². The fraction of sp³-hybridized carbons (Fsp3) is 0.200. The van der Waals surface area contributed by atoms with Crippen molar-refractivity contribution >= 4 is 6.08 Å². The molecule has 15 heavy (non-hydrogen) atoms. The largest absolute Gasteiger partial charge is 0.0834 e. The number of hydrogen-bond donors (Lipinski definition) is 0. The van der Waals surface area contributed by atoms with Gasteiger partial charge in [0.1, 0.15) is 0 Å². The maximum atomic E-state index is 2.28. The third-order valence-electron chi connectivity index (χ3n) is 2.74. The monoisotopic (exact) mass is 196 g/mol. The average Bonchev–Trinajstić information content (AvgIpc) is 2.29. The van der Waals surface area contributed by atoms with Crippen LogP contribution in [0.15, 0.2) is 60.7 Å². The first-order valence-corrected chi connectivity index (χ1v) is 5.37. The minimum atomic E-state index is 0.185. The number of benzene rings is 1. The topological polar surface area (TPSA) is 0 Å². The van der Waals surface area contributed by atoms with Crippen molar-refractivity contribution in [2.45, 2.75) is 13.3 Å². The lowest BCUT2D eigenvalue weighted by Crippen LogP contribution is -2.09. The van der Waals surface area contributed by atoms with Gasteiger partial charge in [-0.15, -0.1) is 0 Å². The summed E-state index contributed by atoms with van der Waals surface area (Å²) in [6.07, 6.45) is 14.3. The molecular formula is C15H16. The molecule has 2 rings (SSSR count). The standard InChI is InChI=1S/C15H16/c1-15(11-6-3-7-12-15)13-10-14-8-4-2-5-9-14/h2-11,13H,12H2,1H3/b13-10+. The van der Waals surface area contributed by atoms with E-state index in [4.69, 9.17) is 0 Å². The molecule has 0 radical (unpaired) electrons. The van der Waals surface area contributed by atoms with Crippen LogP contribution in [0.1, 0.15) is 18.9 Å². The van der Waals surface area contributed by atoms with E-state index in [0.717, 1.165) is 6.42 Å². The highest BCUT2D eigenvalue weighted by Gasteiger charge is 2.16. The maximum absolute atomic E-state index is 2.28. The van der Waals surface area contributed by atoms with E-state index in [1.165, 1.54) is 5.56 Å². The Labute approximate surface area is 91.6 Å². The lowest BCUT2D eigenvalue weighted by molar-refractivity contribution is 0.559. The summed E-state index contributed by atoms with van der Waals surface area (Å²) in [5.41, 5.74) is 1.45. The molecule has 0 nitrogen and oxygen atoms in total. The molecule has 0 bridgehead atoms. The fourth-order valence-electron chi connectivity index (χ4n) is 1.72. The SMILES string of the molecule is CC1(/C=C/c2ccccc2)C=CC=CC1. The molecule has 1 aromatic carbocycles. The summed E-state index contributed by atoms with van der Waals surface area (Å²) in [7, 11) is 0. The minimum Gasteiger partial charge on any atom is -0.0834 e. The second kappa shape index (κ2) is 4.31. The second-order valence-corrected chi connectivity index (χ2v) is 4.24. The summed E-state index contributed by atoms with van der Waals surface area (Å²) in [6.45, 7) is 2.26. The van der Waals surface area contributed by atoms with Gasteiger partial charge in [0, 0.05) is 5.41 Å². The van der Waals surface area contributed by atoms with E-state index in [1.54, 1.807) is 0 Å². The predicted octanol–water partition coefficient (Wildman–Crippen LogP) is 4.22. The third kappa shape index (κ3) is 2.69. The van der Waals surface area contributed by atoms with Crippen molar-refractivity contribution in [1.29, 1.82) is 0 Å². The Morgan fingerprint density at radius 2 is 1.93 bits per heavy atom. The molecule has 0 fully saturated rings. The summed E-state index contributed by atoms with van der Waals surface area (Å²) in [5.74, 6) is 0. The van der Waals surface area contributed by atoms with Gasteiger partial charge in [0.05, 0.1) is 0 Å². The molecule has 1 aliphatic rings. The van der Waals surface area contributed by atoms with Crippen LogP contribution in [0.2, 0.25) is 0 Å². The summed E-state index contributed by atoms with van der Waals surface area (Å²) >= 11 is 0. The summed E-state index contributed by atoms with van der Waals surface area (Å²) < 4.78 is 0. The van der Waals surface area contributed by atoms with Gasteiger partial charge >= 0.3 is 0 Å². The van der Waals surface area contributed by atoms with Crippen LogP contribution < -0.4 is 0 Å². The first-order valence-electron chi connectivity index (χ1n) is 5.37. The van der Waals surface area contributed by atoms with Crippen LogP contribution in [0, 0.1) is 5.41 Å². The van der Waals surface area contributed by atoms with Gasteiger partial charge in [0.2, 0.25) is 0 Å². The molecule has 0 N–H and O–H groups in total. The number of hydrogen-bond acceptors (Lipinski definition) is 0. The van der Waals surface area contributed by atoms with Crippen molar-refractivity contribution in [2.24, 2.45) is 5.41 Å². The van der Waals surface area contributed by atoms with Crippen molar-refractivity contribution in [1.82, 2.24) is 0 Å². The van der Waals surface area contributed by atoms with Crippen LogP contribution in [0.3, 0.4) is 0 Å². The highest BCUT2D eigenvalue weighted by atomic mass is 14.2. The van der Waals surface area contributed by atoms with E-state index in [1.807, 2.05) is 6.07 Å². The van der Waals surface area contributed by atoms with Crippen molar-refractivity contribution in [3.8, 4) is 0 Å². The minimum absolute atomic E-state index is 0.185. The van der Waals surface area contributed by atoms with E-state index in [2.05, 4.69) is 67.6 Å². The number of allylic oxidation sites excluding steroid dienone is 5. The van der Waals surface area contributed by atoms with Crippen LogP contribution in [-0.2, 0) is 0 Å². The van der Waals surface area contributed by atoms with Crippen LogP contribution in [-0.4, -0.2) is 0 Å². The first kappa shape index (κ1) is 9.97. The Bertz CT molecular complexity index is 395. The Morgan fingerprint density at radius 1 is 1.13 bits per heavy atom. The van der Waals surface area contributed by atoms with Gasteiger partial charge in [-0.25, -0.2) is 0 Å². The Hall–Kier alpha value is -1.56. The van der Waals surface area contributed by atoms with E-state index >= 15 is 0 Å². The van der Waals surface area contributed by atoms with Crippen molar-refractivity contribution in [2.75, 3.05) is 0 Å². The van der Waals surface area contributed by atoms with Gasteiger partial charge in [0.15, 0.2) is 0 Å². The van der Waals surface area contributed by atoms with Gasteiger partial charge < -0.3 is 0 Å². The van der Waals surface area contributed by atoms with Crippen LogP contribution in [0.5, 0.6) is 0 Å². The van der Waals surface area contributed by atoms with Crippen molar-refractivity contribution < 1.29 is 0 Å². The third-order valence-corrected chi connectivity index (χ3v) is 2.74. The first-order chi connectivity index (χ1) is 7.29. The fourth-order valence-corrected chi connectivity index (χ4v) is 1.72. The molecule has 1 aliphatic carbocycles. The van der Waals surface area contributed by atoms with Crippen molar-refractivity contribution in [3.05, 3.63) is 66.3 Å². The molecule has 1 unspecified atom stereocenters. The molecule has 0 aromatic heterocycles. The molecular weight excluding hydrogens is 180 g/mol. The van der Waals surface area contributed by atoms with E-state index in [-0.39, 0.29) is 5.41 Å². The Balaban J connectivity index is 2.12. The summed E-state index contributed by atoms with van der Waals surface area (Å²) in [6, 6.07) is 10.4. The van der Waals surface area contributed by atoms with E-state index in [0.29, 0.717) is 0 Å². The highest BCUT2D eigenvalue weighted by Crippen LogP contribution is 2.29. The zero-order valence-corrected chi connectivity index (χ0v) is 9.06. The van der Waals surface area contributed by atoms with Gasteiger partial charge in [0.25, 0.3) is 0 Å². The smallest absolute Gasteiger partial charge is 0.00736 e. The Kier molecular flexibility index (Phi) is 2.86. The van der Waals surface area contributed by atoms with E-state index < -0.39 is 0 Å². The maximum Gasteiger partial charge on any atom is 0.00736 e. The van der Waals surface area contributed by atoms with Gasteiger partial charge in [-0.2, -0.15) is 0 Å². The summed E-state index contributed by atoms with van der Waals surface area (Å²) in [5, 5.41) is 0. The normalized spacial score (nSPS) is 24.9. The zero-order chi connectivity index (χ0) is 10.6. The summed E-state index contributed by atoms with van der Waals surface area (Å²) in [4.78, 5) is 0. The highest BCUT2D eigenvalue weighted by molar-refractivity contribution is 5.50. The molecule has 1 aromatic rings.